The van der Waals surface area contributed by atoms with Gasteiger partial charge in [0.25, 0.3) is 0 Å². The fourth-order valence-corrected chi connectivity index (χ4v) is 4.35. The highest BCUT2D eigenvalue weighted by Crippen LogP contribution is 2.27. The van der Waals surface area contributed by atoms with Crippen LogP contribution in [0, 0.1) is 0 Å². The van der Waals surface area contributed by atoms with Crippen LogP contribution >= 0.6 is 0 Å². The van der Waals surface area contributed by atoms with Gasteiger partial charge >= 0.3 is 0 Å². The van der Waals surface area contributed by atoms with E-state index in [4.69, 9.17) is 5.73 Å². The molecule has 0 fully saturated rings. The summed E-state index contributed by atoms with van der Waals surface area (Å²) < 4.78 is 3.77. The summed E-state index contributed by atoms with van der Waals surface area (Å²) in [6.45, 7) is 1.13. The molecule has 1 aliphatic rings. The lowest BCUT2D eigenvalue weighted by Gasteiger charge is -2.17. The van der Waals surface area contributed by atoms with Crippen LogP contribution in [0.4, 0.5) is 0 Å². The molecular formula is C25H25N7O2. The Morgan fingerprint density at radius 1 is 1.15 bits per heavy atom. The largest absolute Gasteiger partial charge is 0.366 e. The average molecular weight is 456 g/mol. The van der Waals surface area contributed by atoms with Crippen molar-refractivity contribution in [3.8, 4) is 11.4 Å². The van der Waals surface area contributed by atoms with Crippen LogP contribution < -0.4 is 16.4 Å². The molecule has 2 aromatic carbocycles. The Labute approximate surface area is 196 Å². The summed E-state index contributed by atoms with van der Waals surface area (Å²) in [5.41, 5.74) is 9.74. The molecular weight excluding hydrogens is 430 g/mol. The van der Waals surface area contributed by atoms with E-state index < -0.39 is 5.91 Å². The minimum Gasteiger partial charge on any atom is -0.366 e. The van der Waals surface area contributed by atoms with Crippen LogP contribution in [0.5, 0.6) is 0 Å². The zero-order valence-electron chi connectivity index (χ0n) is 18.7. The number of carbonyl (C=O) groups excluding carboxylic acids is 2. The number of carbonyl (C=O) groups is 2. The molecule has 4 N–H and O–H groups in total. The first-order valence-electron chi connectivity index (χ1n) is 11.1. The molecule has 9 nitrogen and oxygen atoms in total. The number of amides is 1. The third-order valence-corrected chi connectivity index (χ3v) is 6.05. The highest BCUT2D eigenvalue weighted by Gasteiger charge is 2.28. The molecule has 0 saturated carbocycles. The van der Waals surface area contributed by atoms with Gasteiger partial charge in [-0.1, -0.05) is 18.2 Å². The van der Waals surface area contributed by atoms with Gasteiger partial charge in [0.05, 0.1) is 12.2 Å². The second kappa shape index (κ2) is 9.05. The summed E-state index contributed by atoms with van der Waals surface area (Å²) in [4.78, 5) is 33.8. The number of primary amides is 1. The van der Waals surface area contributed by atoms with Crippen molar-refractivity contribution < 1.29 is 9.59 Å². The van der Waals surface area contributed by atoms with E-state index in [0.29, 0.717) is 42.1 Å². The Hall–Kier alpha value is -4.08. The van der Waals surface area contributed by atoms with Gasteiger partial charge in [0, 0.05) is 48.3 Å². The quantitative estimate of drug-likeness (QED) is 0.410. The number of hydrogen-bond acceptors (Lipinski definition) is 6. The fourth-order valence-electron chi connectivity index (χ4n) is 4.35. The van der Waals surface area contributed by atoms with Gasteiger partial charge in [-0.25, -0.2) is 9.97 Å². The van der Waals surface area contributed by atoms with E-state index >= 15 is 0 Å². The average Bonchev–Trinajstić information content (AvgIpc) is 3.46. The lowest BCUT2D eigenvalue weighted by molar-refractivity contribution is 0.0965. The molecule has 172 valence electrons. The molecule has 2 aromatic heterocycles. The van der Waals surface area contributed by atoms with Crippen LogP contribution in [0.1, 0.15) is 50.4 Å². The van der Waals surface area contributed by atoms with Crippen molar-refractivity contribution in [2.75, 3.05) is 7.05 Å². The highest BCUT2D eigenvalue weighted by atomic mass is 16.1. The molecule has 34 heavy (non-hydrogen) atoms. The Kier molecular flexibility index (Phi) is 5.79. The molecule has 3 heterocycles. The number of aromatic nitrogens is 4. The second-order valence-corrected chi connectivity index (χ2v) is 8.22. The number of nitrogens with one attached hydrogen (secondary N) is 2. The molecule has 4 aromatic rings. The van der Waals surface area contributed by atoms with Gasteiger partial charge in [0.15, 0.2) is 5.78 Å². The van der Waals surface area contributed by atoms with Gasteiger partial charge in [-0.2, -0.15) is 0 Å². The van der Waals surface area contributed by atoms with Gasteiger partial charge in [-0.3, -0.25) is 14.2 Å². The van der Waals surface area contributed by atoms with E-state index in [1.165, 1.54) is 0 Å². The van der Waals surface area contributed by atoms with Gasteiger partial charge in [-0.05, 0) is 42.9 Å². The number of nitrogens with two attached hydrogens (primary N) is 1. The maximum Gasteiger partial charge on any atom is 0.248 e. The molecule has 1 atom stereocenters. The summed E-state index contributed by atoms with van der Waals surface area (Å²) in [5, 5.41) is 6.59. The summed E-state index contributed by atoms with van der Waals surface area (Å²) in [6.07, 6.45) is 5.63. The molecule has 1 unspecified atom stereocenters. The number of rotatable bonds is 6. The Morgan fingerprint density at radius 2 is 1.97 bits per heavy atom. The van der Waals surface area contributed by atoms with Crippen LogP contribution in [-0.2, 0) is 13.1 Å². The number of Topliss-reactive ketones (excluding diaryl/α,β-unsaturated/α-hetero) is 1. The molecule has 5 rings (SSSR count). The SMILES string of the molecule is CNCc1nccn1-c1ccc(C2CC(=O)c3c(ncn3-c3cccc(C(N)=O)c3)CN2)cc1. The van der Waals surface area contributed by atoms with Gasteiger partial charge in [0.2, 0.25) is 5.91 Å². The molecule has 1 aliphatic heterocycles. The van der Waals surface area contributed by atoms with Crippen molar-refractivity contribution in [2.24, 2.45) is 5.73 Å². The van der Waals surface area contributed by atoms with E-state index in [9.17, 15) is 9.59 Å². The van der Waals surface area contributed by atoms with Crippen molar-refractivity contribution in [2.45, 2.75) is 25.6 Å². The number of benzene rings is 2. The highest BCUT2D eigenvalue weighted by molar-refractivity contribution is 5.97. The lowest BCUT2D eigenvalue weighted by Crippen LogP contribution is -2.20. The fraction of sp³-hybridized carbons (Fsp3) is 0.200. The molecule has 9 heteroatoms. The van der Waals surface area contributed by atoms with E-state index in [2.05, 4.69) is 20.6 Å². The zero-order chi connectivity index (χ0) is 23.7. The van der Waals surface area contributed by atoms with Crippen LogP contribution in [-0.4, -0.2) is 37.8 Å². The minimum atomic E-state index is -0.515. The minimum absolute atomic E-state index is 0.0121. The summed E-state index contributed by atoms with van der Waals surface area (Å²) in [6, 6.07) is 14.9. The van der Waals surface area contributed by atoms with E-state index in [1.807, 2.05) is 48.1 Å². The molecule has 1 amide bonds. The first-order valence-corrected chi connectivity index (χ1v) is 11.1. The van der Waals surface area contributed by atoms with Crippen LogP contribution in [0.25, 0.3) is 11.4 Å². The number of fused-ring (bicyclic) bond motifs is 1. The maximum absolute atomic E-state index is 13.3. The lowest BCUT2D eigenvalue weighted by atomic mass is 10.0. The smallest absolute Gasteiger partial charge is 0.248 e. The summed E-state index contributed by atoms with van der Waals surface area (Å²) in [5.74, 6) is 0.400. The normalized spacial score (nSPS) is 15.7. The van der Waals surface area contributed by atoms with Crippen molar-refractivity contribution >= 4 is 11.7 Å². The monoisotopic (exact) mass is 455 g/mol. The van der Waals surface area contributed by atoms with E-state index in [-0.39, 0.29) is 11.8 Å². The third kappa shape index (κ3) is 4.02. The van der Waals surface area contributed by atoms with Crippen LogP contribution in [0.15, 0.2) is 67.3 Å². The van der Waals surface area contributed by atoms with E-state index in [0.717, 1.165) is 17.1 Å². The third-order valence-electron chi connectivity index (χ3n) is 6.05. The van der Waals surface area contributed by atoms with Crippen molar-refractivity contribution in [3.63, 3.8) is 0 Å². The van der Waals surface area contributed by atoms with Crippen molar-refractivity contribution in [1.82, 2.24) is 29.7 Å². The molecule has 0 aliphatic carbocycles. The van der Waals surface area contributed by atoms with Crippen LogP contribution in [0.3, 0.4) is 0 Å². The summed E-state index contributed by atoms with van der Waals surface area (Å²) in [7, 11) is 1.89. The first-order chi connectivity index (χ1) is 16.5. The number of hydrogen-bond donors (Lipinski definition) is 3. The van der Waals surface area contributed by atoms with Gasteiger partial charge in [0.1, 0.15) is 17.8 Å². The molecule has 0 bridgehead atoms. The molecule has 0 saturated heterocycles. The molecule has 0 radical (unpaired) electrons. The van der Waals surface area contributed by atoms with Gasteiger partial charge in [-0.15, -0.1) is 0 Å². The second-order valence-electron chi connectivity index (χ2n) is 8.22. The van der Waals surface area contributed by atoms with Crippen molar-refractivity contribution in [3.05, 3.63) is 95.6 Å². The standard InChI is InChI=1S/C25H25N7O2/c1-27-14-23-28-9-10-31(23)18-7-5-16(6-8-18)20-12-22(33)24-21(13-29-20)30-15-32(24)19-4-2-3-17(11-19)25(26)34/h2-11,15,20,27,29H,12-14H2,1H3,(H2,26,34). The first kappa shape index (κ1) is 21.7. The number of nitrogens with zero attached hydrogens (tertiary/aromatic N) is 4. The molecule has 0 spiro atoms. The predicted octanol–water partition coefficient (Wildman–Crippen LogP) is 2.29. The van der Waals surface area contributed by atoms with Crippen LogP contribution in [0.2, 0.25) is 0 Å². The number of ketones is 1. The zero-order valence-corrected chi connectivity index (χ0v) is 18.7. The number of imidazole rings is 2. The Balaban J connectivity index is 1.39. The Morgan fingerprint density at radius 3 is 2.74 bits per heavy atom. The van der Waals surface area contributed by atoms with Gasteiger partial charge < -0.3 is 20.9 Å². The topological polar surface area (TPSA) is 120 Å². The van der Waals surface area contributed by atoms with E-state index in [1.54, 1.807) is 35.3 Å². The maximum atomic E-state index is 13.3. The van der Waals surface area contributed by atoms with Crippen molar-refractivity contribution in [1.29, 1.82) is 0 Å². The Bertz CT molecular complexity index is 1350. The predicted molar refractivity (Wildman–Crippen MR) is 127 cm³/mol. The summed E-state index contributed by atoms with van der Waals surface area (Å²) >= 11 is 0.